The second kappa shape index (κ2) is 11.2. The van der Waals surface area contributed by atoms with Crippen molar-refractivity contribution in [3.8, 4) is 17.6 Å². The SMILES string of the molecule is O=C(O)CCN1CC(=O)Nc2ccc(COCc3ccc(C#Cc4ccccc4O)cc3)cc2C1=O. The number of hydrogen-bond acceptors (Lipinski definition) is 5. The number of anilines is 1. The number of para-hydroxylation sites is 1. The monoisotopic (exact) mass is 484 g/mol. The molecule has 1 heterocycles. The maximum absolute atomic E-state index is 12.9. The average Bonchev–Trinajstić information content (AvgIpc) is 2.98. The molecule has 1 aliphatic heterocycles. The highest BCUT2D eigenvalue weighted by molar-refractivity contribution is 6.08. The van der Waals surface area contributed by atoms with E-state index in [0.29, 0.717) is 23.4 Å². The molecule has 8 heteroatoms. The number of carbonyl (C=O) groups excluding carboxylic acids is 2. The number of nitrogens with zero attached hydrogens (tertiary/aromatic N) is 1. The highest BCUT2D eigenvalue weighted by Gasteiger charge is 2.26. The first-order chi connectivity index (χ1) is 17.4. The standard InChI is InChI=1S/C28H24N2O6/c31-25-4-2-1-3-22(25)11-9-19-5-7-20(8-6-19)17-36-18-21-10-12-24-23(15-21)28(35)30(14-13-27(33)34)16-26(32)29-24/h1-8,10,12,15,31H,13-14,16-18H2,(H,29,32)(H,33,34). The van der Waals surface area contributed by atoms with Gasteiger partial charge in [0.2, 0.25) is 5.91 Å². The Morgan fingerprint density at radius 3 is 2.44 bits per heavy atom. The summed E-state index contributed by atoms with van der Waals surface area (Å²) in [5.41, 5.74) is 3.77. The Labute approximate surface area is 208 Å². The van der Waals surface area contributed by atoms with Gasteiger partial charge in [-0.05, 0) is 47.5 Å². The van der Waals surface area contributed by atoms with Gasteiger partial charge in [-0.3, -0.25) is 14.4 Å². The van der Waals surface area contributed by atoms with Crippen molar-refractivity contribution in [1.82, 2.24) is 4.90 Å². The number of phenolic OH excluding ortho intramolecular Hbond substituents is 1. The molecule has 0 aromatic heterocycles. The molecule has 3 aromatic rings. The molecule has 0 bridgehead atoms. The predicted octanol–water partition coefficient (Wildman–Crippen LogP) is 3.38. The molecule has 4 rings (SSSR count). The third-order valence-corrected chi connectivity index (χ3v) is 5.54. The summed E-state index contributed by atoms with van der Waals surface area (Å²) in [6.07, 6.45) is -0.240. The molecule has 0 aliphatic carbocycles. The van der Waals surface area contributed by atoms with Crippen molar-refractivity contribution in [2.45, 2.75) is 19.6 Å². The van der Waals surface area contributed by atoms with Crippen LogP contribution in [0.2, 0.25) is 0 Å². The topological polar surface area (TPSA) is 116 Å². The van der Waals surface area contributed by atoms with Crippen molar-refractivity contribution in [2.24, 2.45) is 0 Å². The lowest BCUT2D eigenvalue weighted by Gasteiger charge is -2.18. The Hall–Kier alpha value is -4.61. The van der Waals surface area contributed by atoms with Gasteiger partial charge >= 0.3 is 5.97 Å². The molecule has 0 spiro atoms. The zero-order valence-corrected chi connectivity index (χ0v) is 19.4. The summed E-state index contributed by atoms with van der Waals surface area (Å²) in [6.45, 7) is 0.353. The number of fused-ring (bicyclic) bond motifs is 1. The number of rotatable bonds is 7. The molecule has 0 atom stereocenters. The number of aliphatic carboxylic acids is 1. The van der Waals surface area contributed by atoms with Crippen LogP contribution in [0.5, 0.6) is 5.75 Å². The summed E-state index contributed by atoms with van der Waals surface area (Å²) in [6, 6.07) is 19.6. The van der Waals surface area contributed by atoms with Gasteiger partial charge < -0.3 is 25.2 Å². The van der Waals surface area contributed by atoms with Crippen LogP contribution in [-0.4, -0.2) is 46.0 Å². The molecule has 0 fully saturated rings. The van der Waals surface area contributed by atoms with E-state index >= 15 is 0 Å². The molecule has 182 valence electrons. The largest absolute Gasteiger partial charge is 0.507 e. The lowest BCUT2D eigenvalue weighted by molar-refractivity contribution is -0.137. The Morgan fingerprint density at radius 2 is 1.69 bits per heavy atom. The van der Waals surface area contributed by atoms with Gasteiger partial charge in [-0.15, -0.1) is 0 Å². The number of carboxylic acids is 1. The molecule has 0 saturated carbocycles. The molecule has 3 aromatic carbocycles. The Kier molecular flexibility index (Phi) is 7.63. The number of phenols is 1. The van der Waals surface area contributed by atoms with Crippen molar-refractivity contribution < 1.29 is 29.3 Å². The number of carbonyl (C=O) groups is 3. The zero-order chi connectivity index (χ0) is 25.5. The first kappa shape index (κ1) is 24.5. The first-order valence-electron chi connectivity index (χ1n) is 11.3. The van der Waals surface area contributed by atoms with Gasteiger partial charge in [0.1, 0.15) is 12.3 Å². The molecule has 1 aliphatic rings. The minimum absolute atomic E-state index is 0.0470. The fourth-order valence-electron chi connectivity index (χ4n) is 3.67. The van der Waals surface area contributed by atoms with Crippen LogP contribution >= 0.6 is 0 Å². The van der Waals surface area contributed by atoms with Gasteiger partial charge in [-0.25, -0.2) is 0 Å². The van der Waals surface area contributed by atoms with E-state index in [1.165, 1.54) is 4.90 Å². The lowest BCUT2D eigenvalue weighted by Crippen LogP contribution is -2.36. The Balaban J connectivity index is 1.37. The van der Waals surface area contributed by atoms with E-state index in [0.717, 1.165) is 16.7 Å². The number of benzene rings is 3. The fraction of sp³-hybridized carbons (Fsp3) is 0.179. The Bertz CT molecular complexity index is 1350. The van der Waals surface area contributed by atoms with Crippen LogP contribution in [0, 0.1) is 11.8 Å². The van der Waals surface area contributed by atoms with E-state index < -0.39 is 11.9 Å². The molecule has 2 amide bonds. The Morgan fingerprint density at radius 1 is 0.972 bits per heavy atom. The van der Waals surface area contributed by atoms with Gasteiger partial charge in [0.25, 0.3) is 5.91 Å². The minimum atomic E-state index is -1.04. The van der Waals surface area contributed by atoms with Crippen molar-refractivity contribution in [3.05, 3.63) is 94.5 Å². The van der Waals surface area contributed by atoms with E-state index in [-0.39, 0.29) is 37.8 Å². The van der Waals surface area contributed by atoms with E-state index in [4.69, 9.17) is 9.84 Å². The third-order valence-electron chi connectivity index (χ3n) is 5.54. The predicted molar refractivity (Wildman–Crippen MR) is 132 cm³/mol. The van der Waals surface area contributed by atoms with Crippen LogP contribution in [0.15, 0.2) is 66.7 Å². The van der Waals surface area contributed by atoms with Crippen molar-refractivity contribution in [2.75, 3.05) is 18.4 Å². The molecule has 36 heavy (non-hydrogen) atoms. The second-order valence-electron chi connectivity index (χ2n) is 8.26. The highest BCUT2D eigenvalue weighted by Crippen LogP contribution is 2.23. The normalized spacial score (nSPS) is 12.7. The van der Waals surface area contributed by atoms with E-state index in [9.17, 15) is 19.5 Å². The molecule has 8 nitrogen and oxygen atoms in total. The van der Waals surface area contributed by atoms with E-state index in [1.54, 1.807) is 36.4 Å². The summed E-state index contributed by atoms with van der Waals surface area (Å²) in [4.78, 5) is 37.2. The van der Waals surface area contributed by atoms with Gasteiger partial charge in [0, 0.05) is 12.1 Å². The minimum Gasteiger partial charge on any atom is -0.507 e. The molecule has 0 saturated heterocycles. The van der Waals surface area contributed by atoms with Crippen molar-refractivity contribution in [3.63, 3.8) is 0 Å². The first-order valence-corrected chi connectivity index (χ1v) is 11.3. The third kappa shape index (κ3) is 6.29. The van der Waals surface area contributed by atoms with Crippen LogP contribution in [-0.2, 0) is 27.5 Å². The molecular weight excluding hydrogens is 460 g/mol. The smallest absolute Gasteiger partial charge is 0.305 e. The lowest BCUT2D eigenvalue weighted by atomic mass is 10.1. The van der Waals surface area contributed by atoms with Crippen molar-refractivity contribution in [1.29, 1.82) is 0 Å². The van der Waals surface area contributed by atoms with Gasteiger partial charge in [0.15, 0.2) is 0 Å². The van der Waals surface area contributed by atoms with Gasteiger partial charge in [-0.1, -0.05) is 42.2 Å². The number of hydrogen-bond donors (Lipinski definition) is 3. The molecular formula is C28H24N2O6. The van der Waals surface area contributed by atoms with Gasteiger partial charge in [-0.2, -0.15) is 0 Å². The number of aromatic hydroxyl groups is 1. The highest BCUT2D eigenvalue weighted by atomic mass is 16.5. The molecule has 0 radical (unpaired) electrons. The van der Waals surface area contributed by atoms with E-state index in [2.05, 4.69) is 17.2 Å². The maximum atomic E-state index is 12.9. The summed E-state index contributed by atoms with van der Waals surface area (Å²) < 4.78 is 5.82. The van der Waals surface area contributed by atoms with Crippen LogP contribution in [0.3, 0.4) is 0 Å². The second-order valence-corrected chi connectivity index (χ2v) is 8.26. The maximum Gasteiger partial charge on any atom is 0.305 e. The molecule has 3 N–H and O–H groups in total. The number of nitrogens with one attached hydrogen (secondary N) is 1. The number of amides is 2. The average molecular weight is 485 g/mol. The van der Waals surface area contributed by atoms with Crippen LogP contribution in [0.25, 0.3) is 0 Å². The van der Waals surface area contributed by atoms with Crippen molar-refractivity contribution >= 4 is 23.5 Å². The van der Waals surface area contributed by atoms with Crippen LogP contribution in [0.4, 0.5) is 5.69 Å². The number of carboxylic acid groups (broad SMARTS) is 1. The van der Waals surface area contributed by atoms with E-state index in [1.807, 2.05) is 30.3 Å². The van der Waals surface area contributed by atoms with Crippen LogP contribution < -0.4 is 5.32 Å². The summed E-state index contributed by atoms with van der Waals surface area (Å²) in [5, 5.41) is 21.4. The molecule has 0 unspecified atom stereocenters. The summed E-state index contributed by atoms with van der Waals surface area (Å²) in [7, 11) is 0. The summed E-state index contributed by atoms with van der Waals surface area (Å²) in [5.74, 6) is 4.31. The fourth-order valence-corrected chi connectivity index (χ4v) is 3.67. The van der Waals surface area contributed by atoms with Gasteiger partial charge in [0.05, 0.1) is 36.4 Å². The summed E-state index contributed by atoms with van der Waals surface area (Å²) >= 11 is 0. The zero-order valence-electron chi connectivity index (χ0n) is 19.4. The quantitative estimate of drug-likeness (QED) is 0.443. The number of ether oxygens (including phenoxy) is 1. The van der Waals surface area contributed by atoms with Crippen LogP contribution in [0.1, 0.15) is 39.0 Å².